The third-order valence-corrected chi connectivity index (χ3v) is 2.42. The standard InChI is InChI=1S/C13H19F2N3O/c1-13(2,3)18-5-4-17-11-6-8(12(16)19)9(14)7-10(11)15/h6-7,17-18H,4-5H2,1-3H3,(H2,16,19). The molecule has 0 heterocycles. The molecule has 0 saturated carbocycles. The highest BCUT2D eigenvalue weighted by molar-refractivity contribution is 5.94. The van der Waals surface area contributed by atoms with Crippen LogP contribution in [0.2, 0.25) is 0 Å². The van der Waals surface area contributed by atoms with Crippen LogP contribution in [0.1, 0.15) is 31.1 Å². The molecular weight excluding hydrogens is 252 g/mol. The number of carbonyl (C=O) groups is 1. The molecule has 4 nitrogen and oxygen atoms in total. The second-order valence-corrected chi connectivity index (χ2v) is 5.28. The van der Waals surface area contributed by atoms with E-state index in [2.05, 4.69) is 10.6 Å². The van der Waals surface area contributed by atoms with Gasteiger partial charge in [0.25, 0.3) is 5.91 Å². The number of benzene rings is 1. The summed E-state index contributed by atoms with van der Waals surface area (Å²) in [6.07, 6.45) is 0. The third-order valence-electron chi connectivity index (χ3n) is 2.42. The molecule has 0 radical (unpaired) electrons. The van der Waals surface area contributed by atoms with Gasteiger partial charge < -0.3 is 16.4 Å². The lowest BCUT2D eigenvalue weighted by atomic mass is 10.1. The predicted octanol–water partition coefficient (Wildman–Crippen LogP) is 1.86. The number of amides is 1. The molecule has 1 amide bonds. The van der Waals surface area contributed by atoms with Crippen molar-refractivity contribution in [2.75, 3.05) is 18.4 Å². The number of halogens is 2. The lowest BCUT2D eigenvalue weighted by molar-refractivity contribution is 0.0996. The third kappa shape index (κ3) is 4.82. The minimum absolute atomic E-state index is 0.0403. The molecule has 1 aromatic rings. The lowest BCUT2D eigenvalue weighted by Crippen LogP contribution is -2.38. The summed E-state index contributed by atoms with van der Waals surface area (Å²) in [7, 11) is 0. The number of anilines is 1. The van der Waals surface area contributed by atoms with Crippen molar-refractivity contribution in [3.8, 4) is 0 Å². The van der Waals surface area contributed by atoms with Crippen LogP contribution in [0.25, 0.3) is 0 Å². The molecule has 1 rings (SSSR count). The number of hydrogen-bond acceptors (Lipinski definition) is 3. The zero-order chi connectivity index (χ0) is 14.6. The van der Waals surface area contributed by atoms with E-state index in [-0.39, 0.29) is 16.8 Å². The van der Waals surface area contributed by atoms with Gasteiger partial charge in [0.1, 0.15) is 11.6 Å². The van der Waals surface area contributed by atoms with Gasteiger partial charge in [-0.1, -0.05) is 0 Å². The Hall–Kier alpha value is -1.69. The molecule has 1 aromatic carbocycles. The van der Waals surface area contributed by atoms with Crippen LogP contribution in [0.4, 0.5) is 14.5 Å². The smallest absolute Gasteiger partial charge is 0.251 e. The summed E-state index contributed by atoms with van der Waals surface area (Å²) < 4.78 is 26.7. The van der Waals surface area contributed by atoms with E-state index >= 15 is 0 Å². The maximum atomic E-state index is 13.5. The molecule has 0 aliphatic carbocycles. The SMILES string of the molecule is CC(C)(C)NCCNc1cc(C(N)=O)c(F)cc1F. The van der Waals surface area contributed by atoms with Gasteiger partial charge in [-0.3, -0.25) is 4.79 Å². The average Bonchev–Trinajstić information content (AvgIpc) is 2.24. The van der Waals surface area contributed by atoms with Crippen molar-refractivity contribution >= 4 is 11.6 Å². The summed E-state index contributed by atoms with van der Waals surface area (Å²) in [4.78, 5) is 11.0. The van der Waals surface area contributed by atoms with Gasteiger partial charge >= 0.3 is 0 Å². The van der Waals surface area contributed by atoms with E-state index in [0.29, 0.717) is 19.2 Å². The Labute approximate surface area is 111 Å². The number of rotatable bonds is 5. The molecule has 4 N–H and O–H groups in total. The molecule has 0 spiro atoms. The zero-order valence-corrected chi connectivity index (χ0v) is 11.3. The van der Waals surface area contributed by atoms with Crippen molar-refractivity contribution < 1.29 is 13.6 Å². The fourth-order valence-corrected chi connectivity index (χ4v) is 1.51. The molecule has 0 bridgehead atoms. The lowest BCUT2D eigenvalue weighted by Gasteiger charge is -2.20. The van der Waals surface area contributed by atoms with Crippen molar-refractivity contribution in [2.45, 2.75) is 26.3 Å². The van der Waals surface area contributed by atoms with Gasteiger partial charge in [0.05, 0.1) is 11.3 Å². The van der Waals surface area contributed by atoms with E-state index in [4.69, 9.17) is 5.73 Å². The molecule has 0 aliphatic rings. The molecule has 106 valence electrons. The second kappa shape index (κ2) is 5.97. The molecular formula is C13H19F2N3O. The molecule has 0 saturated heterocycles. The largest absolute Gasteiger partial charge is 0.381 e. The maximum Gasteiger partial charge on any atom is 0.251 e. The number of nitrogens with two attached hydrogens (primary N) is 1. The minimum Gasteiger partial charge on any atom is -0.381 e. The van der Waals surface area contributed by atoms with Gasteiger partial charge in [-0.05, 0) is 26.8 Å². The minimum atomic E-state index is -0.955. The van der Waals surface area contributed by atoms with Crippen LogP contribution in [0.3, 0.4) is 0 Å². The molecule has 0 fully saturated rings. The van der Waals surface area contributed by atoms with E-state index < -0.39 is 17.5 Å². The topological polar surface area (TPSA) is 67.2 Å². The molecule has 0 aliphatic heterocycles. The average molecular weight is 271 g/mol. The summed E-state index contributed by atoms with van der Waals surface area (Å²) >= 11 is 0. The van der Waals surface area contributed by atoms with Gasteiger partial charge in [0, 0.05) is 24.7 Å². The van der Waals surface area contributed by atoms with Gasteiger partial charge in [0.15, 0.2) is 0 Å². The fraction of sp³-hybridized carbons (Fsp3) is 0.462. The Balaban J connectivity index is 2.68. The van der Waals surface area contributed by atoms with Crippen LogP contribution < -0.4 is 16.4 Å². The first-order chi connectivity index (χ1) is 8.70. The van der Waals surface area contributed by atoms with Crippen LogP contribution in [-0.4, -0.2) is 24.5 Å². The number of primary amides is 1. The van der Waals surface area contributed by atoms with Crippen LogP contribution in [-0.2, 0) is 0 Å². The Morgan fingerprint density at radius 3 is 2.37 bits per heavy atom. The summed E-state index contributed by atoms with van der Waals surface area (Å²) in [6, 6.07) is 1.74. The molecule has 19 heavy (non-hydrogen) atoms. The van der Waals surface area contributed by atoms with E-state index in [0.717, 1.165) is 6.07 Å². The number of hydrogen-bond donors (Lipinski definition) is 3. The fourth-order valence-electron chi connectivity index (χ4n) is 1.51. The Kier molecular flexibility index (Phi) is 4.83. The highest BCUT2D eigenvalue weighted by atomic mass is 19.1. The maximum absolute atomic E-state index is 13.5. The van der Waals surface area contributed by atoms with Crippen molar-refractivity contribution in [1.82, 2.24) is 5.32 Å². The highest BCUT2D eigenvalue weighted by Crippen LogP contribution is 2.19. The second-order valence-electron chi connectivity index (χ2n) is 5.28. The van der Waals surface area contributed by atoms with Crippen LogP contribution in [0.5, 0.6) is 0 Å². The molecule has 0 atom stereocenters. The summed E-state index contributed by atoms with van der Waals surface area (Å²) in [5.41, 5.74) is 4.70. The van der Waals surface area contributed by atoms with Gasteiger partial charge in [-0.25, -0.2) is 8.78 Å². The van der Waals surface area contributed by atoms with E-state index in [1.54, 1.807) is 0 Å². The Morgan fingerprint density at radius 2 is 1.84 bits per heavy atom. The van der Waals surface area contributed by atoms with E-state index in [1.165, 1.54) is 0 Å². The molecule has 0 aromatic heterocycles. The summed E-state index contributed by atoms with van der Waals surface area (Å²) in [6.45, 7) is 7.08. The van der Waals surface area contributed by atoms with Crippen molar-refractivity contribution in [2.24, 2.45) is 5.73 Å². The van der Waals surface area contributed by atoms with Crippen LogP contribution >= 0.6 is 0 Å². The van der Waals surface area contributed by atoms with E-state index in [9.17, 15) is 13.6 Å². The van der Waals surface area contributed by atoms with Gasteiger partial charge in [-0.15, -0.1) is 0 Å². The molecule has 0 unspecified atom stereocenters. The normalized spacial score (nSPS) is 11.4. The Morgan fingerprint density at radius 1 is 1.21 bits per heavy atom. The summed E-state index contributed by atoms with van der Waals surface area (Å²) in [5.74, 6) is -2.63. The first-order valence-corrected chi connectivity index (χ1v) is 5.98. The van der Waals surface area contributed by atoms with Crippen molar-refractivity contribution in [3.05, 3.63) is 29.3 Å². The zero-order valence-electron chi connectivity index (χ0n) is 11.3. The highest BCUT2D eigenvalue weighted by Gasteiger charge is 2.14. The van der Waals surface area contributed by atoms with Gasteiger partial charge in [0.2, 0.25) is 0 Å². The van der Waals surface area contributed by atoms with E-state index in [1.807, 2.05) is 20.8 Å². The van der Waals surface area contributed by atoms with Gasteiger partial charge in [-0.2, -0.15) is 0 Å². The quantitative estimate of drug-likeness (QED) is 0.716. The number of carbonyl (C=O) groups excluding carboxylic acids is 1. The first-order valence-electron chi connectivity index (χ1n) is 5.98. The van der Waals surface area contributed by atoms with Crippen molar-refractivity contribution in [1.29, 1.82) is 0 Å². The Bertz CT molecular complexity index is 470. The summed E-state index contributed by atoms with van der Waals surface area (Å²) in [5, 5.41) is 6.01. The van der Waals surface area contributed by atoms with Crippen LogP contribution in [0, 0.1) is 11.6 Å². The predicted molar refractivity (Wildman–Crippen MR) is 71.1 cm³/mol. The van der Waals surface area contributed by atoms with Crippen molar-refractivity contribution in [3.63, 3.8) is 0 Å². The molecule has 6 heteroatoms. The van der Waals surface area contributed by atoms with Crippen LogP contribution in [0.15, 0.2) is 12.1 Å². The monoisotopic (exact) mass is 271 g/mol. The first kappa shape index (κ1) is 15.4. The number of nitrogens with one attached hydrogen (secondary N) is 2.